The molecule has 0 bridgehead atoms. The standard InChI is InChI=1S/C22H18F3N3O3S/c1-13-7-9-14(10-8-13)17-11-18(22(23,24)25)28-21(27-17)32-12-19(29)26-16-6-4-3-5-15(16)20(30)31-2/h3-11H,12H2,1-2H3,(H,26,29). The molecule has 1 amide bonds. The number of benzene rings is 2. The average Bonchev–Trinajstić information content (AvgIpc) is 2.77. The number of rotatable bonds is 6. The van der Waals surface area contributed by atoms with E-state index in [1.807, 2.05) is 6.92 Å². The molecular weight excluding hydrogens is 443 g/mol. The lowest BCUT2D eigenvalue weighted by atomic mass is 10.1. The van der Waals surface area contributed by atoms with Gasteiger partial charge in [-0.3, -0.25) is 4.79 Å². The summed E-state index contributed by atoms with van der Waals surface area (Å²) in [6.07, 6.45) is -4.67. The Morgan fingerprint density at radius 1 is 1.06 bits per heavy atom. The number of esters is 1. The molecule has 3 aromatic rings. The second kappa shape index (κ2) is 9.82. The van der Waals surface area contributed by atoms with Crippen LogP contribution >= 0.6 is 11.8 Å². The van der Waals surface area contributed by atoms with Gasteiger partial charge in [0.2, 0.25) is 5.91 Å². The van der Waals surface area contributed by atoms with E-state index in [-0.39, 0.29) is 27.9 Å². The Hall–Kier alpha value is -3.40. The second-order valence-corrected chi connectivity index (χ2v) is 7.60. The number of aryl methyl sites for hydroxylation is 1. The fourth-order valence-electron chi connectivity index (χ4n) is 2.70. The van der Waals surface area contributed by atoms with Crippen LogP contribution in [0.25, 0.3) is 11.3 Å². The molecule has 1 aromatic heterocycles. The first-order chi connectivity index (χ1) is 15.2. The maximum absolute atomic E-state index is 13.3. The van der Waals surface area contributed by atoms with Crippen LogP contribution in [0.15, 0.2) is 59.8 Å². The number of alkyl halides is 3. The van der Waals surface area contributed by atoms with E-state index >= 15 is 0 Å². The first-order valence-electron chi connectivity index (χ1n) is 9.30. The zero-order valence-electron chi connectivity index (χ0n) is 17.1. The monoisotopic (exact) mass is 461 g/mol. The minimum Gasteiger partial charge on any atom is -0.465 e. The van der Waals surface area contributed by atoms with Gasteiger partial charge in [-0.05, 0) is 25.1 Å². The van der Waals surface area contributed by atoms with Gasteiger partial charge < -0.3 is 10.1 Å². The molecule has 166 valence electrons. The van der Waals surface area contributed by atoms with Crippen LogP contribution in [0.4, 0.5) is 18.9 Å². The summed E-state index contributed by atoms with van der Waals surface area (Å²) in [4.78, 5) is 31.9. The maximum Gasteiger partial charge on any atom is 0.433 e. The number of amides is 1. The van der Waals surface area contributed by atoms with Crippen LogP contribution in [0.5, 0.6) is 0 Å². The molecule has 0 saturated carbocycles. The van der Waals surface area contributed by atoms with Crippen LogP contribution in [0.3, 0.4) is 0 Å². The van der Waals surface area contributed by atoms with Gasteiger partial charge >= 0.3 is 12.1 Å². The van der Waals surface area contributed by atoms with E-state index in [1.165, 1.54) is 19.2 Å². The normalized spacial score (nSPS) is 11.2. The van der Waals surface area contributed by atoms with E-state index in [0.29, 0.717) is 5.56 Å². The van der Waals surface area contributed by atoms with Crippen molar-refractivity contribution in [1.82, 2.24) is 9.97 Å². The number of ether oxygens (including phenoxy) is 1. The van der Waals surface area contributed by atoms with Gasteiger partial charge in [0, 0.05) is 5.56 Å². The number of para-hydroxylation sites is 1. The minimum atomic E-state index is -4.67. The summed E-state index contributed by atoms with van der Waals surface area (Å²) in [5, 5.41) is 2.37. The minimum absolute atomic E-state index is 0.103. The first kappa shape index (κ1) is 23.3. The molecule has 0 radical (unpaired) electrons. The zero-order chi connectivity index (χ0) is 23.3. The molecule has 0 aliphatic heterocycles. The molecule has 0 atom stereocenters. The maximum atomic E-state index is 13.3. The third-order valence-electron chi connectivity index (χ3n) is 4.28. The number of hydrogen-bond donors (Lipinski definition) is 1. The highest BCUT2D eigenvalue weighted by molar-refractivity contribution is 7.99. The highest BCUT2D eigenvalue weighted by Crippen LogP contribution is 2.32. The second-order valence-electron chi connectivity index (χ2n) is 6.66. The summed E-state index contributed by atoms with van der Waals surface area (Å²) in [5.74, 6) is -1.42. The molecule has 0 aliphatic carbocycles. The van der Waals surface area contributed by atoms with E-state index in [0.717, 1.165) is 23.4 Å². The van der Waals surface area contributed by atoms with Gasteiger partial charge in [-0.15, -0.1) is 0 Å². The third-order valence-corrected chi connectivity index (χ3v) is 5.13. The summed E-state index contributed by atoms with van der Waals surface area (Å²) in [6, 6.07) is 14.0. The highest BCUT2D eigenvalue weighted by atomic mass is 32.2. The van der Waals surface area contributed by atoms with Crippen LogP contribution in [-0.4, -0.2) is 34.7 Å². The summed E-state index contributed by atoms with van der Waals surface area (Å²) >= 11 is 0.760. The Morgan fingerprint density at radius 2 is 1.75 bits per heavy atom. The Bertz CT molecular complexity index is 1140. The summed E-state index contributed by atoms with van der Waals surface area (Å²) < 4.78 is 44.7. The molecule has 6 nitrogen and oxygen atoms in total. The van der Waals surface area contributed by atoms with E-state index < -0.39 is 23.7 Å². The van der Waals surface area contributed by atoms with Gasteiger partial charge in [0.15, 0.2) is 5.16 Å². The van der Waals surface area contributed by atoms with Crippen LogP contribution in [0, 0.1) is 6.92 Å². The number of halogens is 3. The molecule has 2 aromatic carbocycles. The van der Waals surface area contributed by atoms with Crippen LogP contribution < -0.4 is 5.32 Å². The molecule has 3 rings (SSSR count). The van der Waals surface area contributed by atoms with Crippen LogP contribution in [-0.2, 0) is 15.7 Å². The topological polar surface area (TPSA) is 81.2 Å². The van der Waals surface area contributed by atoms with Crippen LogP contribution in [0.2, 0.25) is 0 Å². The number of thioether (sulfide) groups is 1. The molecule has 0 aliphatic rings. The molecule has 0 saturated heterocycles. The van der Waals surface area contributed by atoms with Crippen molar-refractivity contribution in [2.45, 2.75) is 18.3 Å². The number of carbonyl (C=O) groups excluding carboxylic acids is 2. The smallest absolute Gasteiger partial charge is 0.433 e. The lowest BCUT2D eigenvalue weighted by Crippen LogP contribution is -2.17. The molecule has 1 heterocycles. The Labute approximate surface area is 186 Å². The molecular formula is C22H18F3N3O3S. The van der Waals surface area contributed by atoms with E-state index in [1.54, 1.807) is 36.4 Å². The lowest BCUT2D eigenvalue weighted by molar-refractivity contribution is -0.141. The Morgan fingerprint density at radius 3 is 2.41 bits per heavy atom. The number of carbonyl (C=O) groups is 2. The van der Waals surface area contributed by atoms with Crippen molar-refractivity contribution < 1.29 is 27.5 Å². The van der Waals surface area contributed by atoms with Crippen LogP contribution in [0.1, 0.15) is 21.6 Å². The third kappa shape index (κ3) is 5.85. The number of hydrogen-bond acceptors (Lipinski definition) is 6. The van der Waals surface area contributed by atoms with Gasteiger partial charge in [-0.2, -0.15) is 13.2 Å². The molecule has 0 unspecified atom stereocenters. The molecule has 1 N–H and O–H groups in total. The largest absolute Gasteiger partial charge is 0.465 e. The van der Waals surface area contributed by atoms with Crippen molar-refractivity contribution >= 4 is 29.3 Å². The van der Waals surface area contributed by atoms with Gasteiger partial charge in [-0.25, -0.2) is 14.8 Å². The number of methoxy groups -OCH3 is 1. The molecule has 32 heavy (non-hydrogen) atoms. The Kier molecular flexibility index (Phi) is 7.14. The summed E-state index contributed by atoms with van der Waals surface area (Å²) in [5.41, 5.74) is 0.855. The van der Waals surface area contributed by atoms with E-state index in [9.17, 15) is 22.8 Å². The van der Waals surface area contributed by atoms with E-state index in [4.69, 9.17) is 0 Å². The van der Waals surface area contributed by atoms with Gasteiger partial charge in [0.05, 0.1) is 29.8 Å². The number of aromatic nitrogens is 2. The van der Waals surface area contributed by atoms with E-state index in [2.05, 4.69) is 20.0 Å². The number of nitrogens with one attached hydrogen (secondary N) is 1. The summed E-state index contributed by atoms with van der Waals surface area (Å²) in [7, 11) is 1.22. The van der Waals surface area contributed by atoms with Crippen molar-refractivity contribution in [3.05, 3.63) is 71.4 Å². The SMILES string of the molecule is COC(=O)c1ccccc1NC(=O)CSc1nc(-c2ccc(C)cc2)cc(C(F)(F)F)n1. The van der Waals surface area contributed by atoms with Gasteiger partial charge in [-0.1, -0.05) is 53.7 Å². The van der Waals surface area contributed by atoms with Crippen molar-refractivity contribution in [1.29, 1.82) is 0 Å². The number of nitrogens with zero attached hydrogens (tertiary/aromatic N) is 2. The first-order valence-corrected chi connectivity index (χ1v) is 10.3. The predicted molar refractivity (Wildman–Crippen MR) is 114 cm³/mol. The van der Waals surface area contributed by atoms with Crippen molar-refractivity contribution in [3.63, 3.8) is 0 Å². The van der Waals surface area contributed by atoms with Crippen molar-refractivity contribution in [2.24, 2.45) is 0 Å². The highest BCUT2D eigenvalue weighted by Gasteiger charge is 2.34. The number of anilines is 1. The molecule has 0 spiro atoms. The van der Waals surface area contributed by atoms with Crippen molar-refractivity contribution in [3.8, 4) is 11.3 Å². The average molecular weight is 461 g/mol. The molecule has 10 heteroatoms. The fraction of sp³-hybridized carbons (Fsp3) is 0.182. The quantitative estimate of drug-likeness (QED) is 0.317. The fourth-order valence-corrected chi connectivity index (χ4v) is 3.36. The van der Waals surface area contributed by atoms with Gasteiger partial charge in [0.25, 0.3) is 0 Å². The zero-order valence-corrected chi connectivity index (χ0v) is 17.9. The lowest BCUT2D eigenvalue weighted by Gasteiger charge is -2.11. The summed E-state index contributed by atoms with van der Waals surface area (Å²) in [6.45, 7) is 1.86. The molecule has 0 fully saturated rings. The van der Waals surface area contributed by atoms with Gasteiger partial charge in [0.1, 0.15) is 5.69 Å². The Balaban J connectivity index is 1.80. The predicted octanol–water partition coefficient (Wildman–Crippen LogP) is 4.99. The van der Waals surface area contributed by atoms with Crippen molar-refractivity contribution in [2.75, 3.05) is 18.2 Å².